The normalized spacial score (nSPS) is 16.5. The molecule has 0 aliphatic carbocycles. The number of likely N-dealkylation sites (tertiary alicyclic amines) is 1. The monoisotopic (exact) mass is 495 g/mol. The van der Waals surface area contributed by atoms with Crippen LogP contribution in [0.1, 0.15) is 56.1 Å². The minimum absolute atomic E-state index is 0.0281. The SMILES string of the molecule is COc1ccc([C@@H](OC(C)=O)[C@H](C)N2CCC(n3c(=O)n(C(C)=O)c4ccccc43)CC2)cc1OC. The average Bonchev–Trinajstić information content (AvgIpc) is 3.18. The molecule has 0 saturated carbocycles. The summed E-state index contributed by atoms with van der Waals surface area (Å²) < 4.78 is 19.6. The molecule has 3 aromatic rings. The number of benzene rings is 2. The van der Waals surface area contributed by atoms with Gasteiger partial charge in [-0.2, -0.15) is 0 Å². The molecule has 9 nitrogen and oxygen atoms in total. The first-order valence-electron chi connectivity index (χ1n) is 12.1. The maximum absolute atomic E-state index is 13.2. The lowest BCUT2D eigenvalue weighted by Gasteiger charge is -2.39. The Balaban J connectivity index is 1.57. The molecule has 36 heavy (non-hydrogen) atoms. The van der Waals surface area contributed by atoms with Gasteiger partial charge in [-0.15, -0.1) is 0 Å². The second kappa shape index (κ2) is 10.6. The van der Waals surface area contributed by atoms with Crippen molar-refractivity contribution in [2.75, 3.05) is 27.3 Å². The van der Waals surface area contributed by atoms with Crippen LogP contribution in [0.15, 0.2) is 47.3 Å². The van der Waals surface area contributed by atoms with Gasteiger partial charge in [0.1, 0.15) is 6.10 Å². The number of piperidine rings is 1. The summed E-state index contributed by atoms with van der Waals surface area (Å²) in [6, 6.07) is 12.8. The van der Waals surface area contributed by atoms with Crippen molar-refractivity contribution >= 4 is 22.9 Å². The highest BCUT2D eigenvalue weighted by Gasteiger charge is 2.33. The van der Waals surface area contributed by atoms with Gasteiger partial charge in [-0.3, -0.25) is 19.1 Å². The third-order valence-corrected chi connectivity index (χ3v) is 7.00. The van der Waals surface area contributed by atoms with Crippen molar-refractivity contribution in [3.63, 3.8) is 0 Å². The highest BCUT2D eigenvalue weighted by Crippen LogP contribution is 2.35. The number of para-hydroxylation sites is 2. The first-order valence-corrected chi connectivity index (χ1v) is 12.1. The summed E-state index contributed by atoms with van der Waals surface area (Å²) in [5, 5.41) is 0. The largest absolute Gasteiger partial charge is 0.493 e. The number of carbonyl (C=O) groups excluding carboxylic acids is 2. The molecule has 1 saturated heterocycles. The van der Waals surface area contributed by atoms with E-state index in [9.17, 15) is 14.4 Å². The van der Waals surface area contributed by atoms with Gasteiger partial charge in [0.05, 0.1) is 25.3 Å². The molecule has 0 bridgehead atoms. The Morgan fingerprint density at radius 3 is 2.17 bits per heavy atom. The minimum Gasteiger partial charge on any atom is -0.493 e. The summed E-state index contributed by atoms with van der Waals surface area (Å²) in [5.41, 5.74) is 1.93. The van der Waals surface area contributed by atoms with E-state index in [0.29, 0.717) is 30.1 Å². The van der Waals surface area contributed by atoms with Gasteiger partial charge < -0.3 is 14.2 Å². The lowest BCUT2D eigenvalue weighted by atomic mass is 9.97. The van der Waals surface area contributed by atoms with Gasteiger partial charge in [-0.25, -0.2) is 9.36 Å². The quantitative estimate of drug-likeness (QED) is 0.460. The molecule has 0 spiro atoms. The maximum atomic E-state index is 13.2. The number of esters is 1. The highest BCUT2D eigenvalue weighted by atomic mass is 16.5. The Hall–Kier alpha value is -3.59. The van der Waals surface area contributed by atoms with E-state index in [4.69, 9.17) is 14.2 Å². The smallest absolute Gasteiger partial charge is 0.336 e. The van der Waals surface area contributed by atoms with Gasteiger partial charge >= 0.3 is 11.7 Å². The van der Waals surface area contributed by atoms with Crippen LogP contribution < -0.4 is 15.2 Å². The van der Waals surface area contributed by atoms with Crippen LogP contribution in [0.5, 0.6) is 11.5 Å². The number of ether oxygens (including phenoxy) is 3. The molecule has 2 aromatic carbocycles. The van der Waals surface area contributed by atoms with Crippen molar-refractivity contribution < 1.29 is 23.8 Å². The van der Waals surface area contributed by atoms with E-state index in [1.54, 1.807) is 30.9 Å². The number of carbonyl (C=O) groups is 2. The molecule has 2 atom stereocenters. The molecule has 0 amide bonds. The predicted octanol–water partition coefficient (Wildman–Crippen LogP) is 3.81. The fraction of sp³-hybridized carbons (Fsp3) is 0.444. The van der Waals surface area contributed by atoms with Crippen molar-refractivity contribution in [3.05, 3.63) is 58.5 Å². The van der Waals surface area contributed by atoms with E-state index in [-0.39, 0.29) is 29.6 Å². The number of methoxy groups -OCH3 is 2. The van der Waals surface area contributed by atoms with E-state index in [1.165, 1.54) is 18.4 Å². The Morgan fingerprint density at radius 1 is 0.944 bits per heavy atom. The number of imidazole rings is 1. The summed E-state index contributed by atoms with van der Waals surface area (Å²) in [7, 11) is 3.15. The number of hydrogen-bond donors (Lipinski definition) is 0. The van der Waals surface area contributed by atoms with Gasteiger partial charge in [0, 0.05) is 39.0 Å². The van der Waals surface area contributed by atoms with Crippen LogP contribution in [0.3, 0.4) is 0 Å². The molecule has 192 valence electrons. The van der Waals surface area contributed by atoms with Crippen LogP contribution in [-0.2, 0) is 9.53 Å². The zero-order chi connectivity index (χ0) is 26.0. The molecular weight excluding hydrogens is 462 g/mol. The number of rotatable bonds is 7. The van der Waals surface area contributed by atoms with E-state index < -0.39 is 6.10 Å². The topological polar surface area (TPSA) is 92.0 Å². The summed E-state index contributed by atoms with van der Waals surface area (Å²) >= 11 is 0. The molecule has 1 aromatic heterocycles. The van der Waals surface area contributed by atoms with E-state index in [1.807, 2.05) is 37.3 Å². The lowest BCUT2D eigenvalue weighted by Crippen LogP contribution is -2.45. The Bertz CT molecular complexity index is 1320. The van der Waals surface area contributed by atoms with Crippen LogP contribution in [-0.4, -0.2) is 59.3 Å². The van der Waals surface area contributed by atoms with Gasteiger partial charge in [0.25, 0.3) is 0 Å². The van der Waals surface area contributed by atoms with Gasteiger partial charge in [0.2, 0.25) is 5.91 Å². The molecule has 0 unspecified atom stereocenters. The van der Waals surface area contributed by atoms with Crippen LogP contribution in [0.2, 0.25) is 0 Å². The molecule has 4 rings (SSSR count). The second-order valence-corrected chi connectivity index (χ2v) is 9.15. The van der Waals surface area contributed by atoms with Crippen molar-refractivity contribution in [1.82, 2.24) is 14.0 Å². The van der Waals surface area contributed by atoms with Crippen LogP contribution >= 0.6 is 0 Å². The maximum Gasteiger partial charge on any atom is 0.336 e. The first kappa shape index (κ1) is 25.5. The Morgan fingerprint density at radius 2 is 1.58 bits per heavy atom. The van der Waals surface area contributed by atoms with Crippen LogP contribution in [0.25, 0.3) is 11.0 Å². The van der Waals surface area contributed by atoms with Crippen molar-refractivity contribution in [3.8, 4) is 11.5 Å². The molecular formula is C27H33N3O6. The zero-order valence-electron chi connectivity index (χ0n) is 21.4. The first-order chi connectivity index (χ1) is 17.3. The fourth-order valence-electron chi connectivity index (χ4n) is 5.22. The van der Waals surface area contributed by atoms with Gasteiger partial charge in [-0.1, -0.05) is 18.2 Å². The average molecular weight is 496 g/mol. The van der Waals surface area contributed by atoms with Crippen molar-refractivity contribution in [1.29, 1.82) is 0 Å². The molecule has 1 aliphatic rings. The van der Waals surface area contributed by atoms with Gasteiger partial charge in [0.15, 0.2) is 11.5 Å². The Kier molecular flexibility index (Phi) is 7.49. The minimum atomic E-state index is -0.499. The third kappa shape index (κ3) is 4.75. The van der Waals surface area contributed by atoms with Crippen LogP contribution in [0, 0.1) is 0 Å². The summed E-state index contributed by atoms with van der Waals surface area (Å²) in [5.74, 6) is 0.519. The number of aromatic nitrogens is 2. The molecule has 1 aliphatic heterocycles. The molecule has 9 heteroatoms. The third-order valence-electron chi connectivity index (χ3n) is 7.00. The molecule has 2 heterocycles. The summed E-state index contributed by atoms with van der Waals surface area (Å²) in [6.45, 7) is 6.28. The van der Waals surface area contributed by atoms with E-state index in [2.05, 4.69) is 4.90 Å². The van der Waals surface area contributed by atoms with Gasteiger partial charge in [-0.05, 0) is 49.6 Å². The van der Waals surface area contributed by atoms with E-state index in [0.717, 1.165) is 23.9 Å². The van der Waals surface area contributed by atoms with Crippen molar-refractivity contribution in [2.24, 2.45) is 0 Å². The molecule has 0 N–H and O–H groups in total. The van der Waals surface area contributed by atoms with E-state index >= 15 is 0 Å². The number of fused-ring (bicyclic) bond motifs is 1. The number of hydrogen-bond acceptors (Lipinski definition) is 7. The lowest BCUT2D eigenvalue weighted by molar-refractivity contribution is -0.150. The zero-order valence-corrected chi connectivity index (χ0v) is 21.4. The summed E-state index contributed by atoms with van der Waals surface area (Å²) in [4.78, 5) is 39.6. The standard InChI is InChI=1S/C27H33N3O6/c1-17(26(36-19(3)32)20-10-11-24(34-4)25(16-20)35-5)28-14-12-21(13-15-28)30-23-9-7-6-8-22(23)29(18(2)31)27(30)33/h6-11,16-17,21,26H,12-15H2,1-5H3/t17-,26-/m0/s1. The molecule has 0 radical (unpaired) electrons. The van der Waals surface area contributed by atoms with Crippen LogP contribution in [0.4, 0.5) is 0 Å². The summed E-state index contributed by atoms with van der Waals surface area (Å²) in [6.07, 6.45) is 0.963. The molecule has 1 fully saturated rings. The number of nitrogens with zero attached hydrogens (tertiary/aromatic N) is 3. The second-order valence-electron chi connectivity index (χ2n) is 9.15. The predicted molar refractivity (Wildman–Crippen MR) is 136 cm³/mol. The van der Waals surface area contributed by atoms with Crippen molar-refractivity contribution in [2.45, 2.75) is 51.8 Å². The fourth-order valence-corrected chi connectivity index (χ4v) is 5.22. The highest BCUT2D eigenvalue weighted by molar-refractivity contribution is 5.89. The Labute approximate surface area is 210 Å².